The molecule has 2 aromatic carbocycles. The Bertz CT molecular complexity index is 792. The highest BCUT2D eigenvalue weighted by Gasteiger charge is 2.14. The van der Waals surface area contributed by atoms with Crippen molar-refractivity contribution < 1.29 is 23.8 Å². The summed E-state index contributed by atoms with van der Waals surface area (Å²) in [5, 5.41) is 5.91. The van der Waals surface area contributed by atoms with Gasteiger partial charge in [0.2, 0.25) is 5.91 Å². The predicted molar refractivity (Wildman–Crippen MR) is 104 cm³/mol. The quantitative estimate of drug-likeness (QED) is 0.657. The van der Waals surface area contributed by atoms with Crippen LogP contribution in [0, 0.1) is 0 Å². The summed E-state index contributed by atoms with van der Waals surface area (Å²) in [5.74, 6) is 0.634. The van der Waals surface area contributed by atoms with Gasteiger partial charge < -0.3 is 24.8 Å². The SMILES string of the molecule is CCOC(=O)c1ccccc1NC(=O)CCNc1ccc(OC)cc1OC. The summed E-state index contributed by atoms with van der Waals surface area (Å²) in [5.41, 5.74) is 1.53. The molecule has 0 radical (unpaired) electrons. The lowest BCUT2D eigenvalue weighted by molar-refractivity contribution is -0.115. The normalized spacial score (nSPS) is 10.0. The van der Waals surface area contributed by atoms with Crippen molar-refractivity contribution in [3.05, 3.63) is 48.0 Å². The van der Waals surface area contributed by atoms with Crippen molar-refractivity contribution in [1.29, 1.82) is 0 Å². The molecule has 0 bridgehead atoms. The van der Waals surface area contributed by atoms with Gasteiger partial charge in [0.25, 0.3) is 0 Å². The summed E-state index contributed by atoms with van der Waals surface area (Å²) in [7, 11) is 3.15. The van der Waals surface area contributed by atoms with Crippen LogP contribution in [0.15, 0.2) is 42.5 Å². The van der Waals surface area contributed by atoms with E-state index in [0.717, 1.165) is 5.69 Å². The number of para-hydroxylation sites is 1. The Balaban J connectivity index is 1.93. The third kappa shape index (κ3) is 5.64. The fourth-order valence-electron chi connectivity index (χ4n) is 2.45. The molecule has 0 fully saturated rings. The summed E-state index contributed by atoms with van der Waals surface area (Å²) in [6, 6.07) is 12.2. The van der Waals surface area contributed by atoms with Gasteiger partial charge in [0.15, 0.2) is 0 Å². The number of amides is 1. The molecule has 0 atom stereocenters. The molecule has 144 valence electrons. The molecule has 7 nitrogen and oxygen atoms in total. The van der Waals surface area contributed by atoms with E-state index in [2.05, 4.69) is 10.6 Å². The highest BCUT2D eigenvalue weighted by molar-refractivity contribution is 6.01. The molecule has 0 saturated heterocycles. The summed E-state index contributed by atoms with van der Waals surface area (Å²) >= 11 is 0. The smallest absolute Gasteiger partial charge is 0.340 e. The standard InChI is InChI=1S/C20H24N2O5/c1-4-27-20(24)15-7-5-6-8-16(15)22-19(23)11-12-21-17-10-9-14(25-2)13-18(17)26-3/h5-10,13,21H,4,11-12H2,1-3H3,(H,22,23). The van der Waals surface area contributed by atoms with E-state index in [1.807, 2.05) is 6.07 Å². The maximum atomic E-state index is 12.2. The van der Waals surface area contributed by atoms with Crippen LogP contribution < -0.4 is 20.1 Å². The second kappa shape index (κ2) is 10.1. The van der Waals surface area contributed by atoms with Crippen molar-refractivity contribution in [2.24, 2.45) is 0 Å². The van der Waals surface area contributed by atoms with Crippen molar-refractivity contribution in [3.8, 4) is 11.5 Å². The van der Waals surface area contributed by atoms with Crippen molar-refractivity contribution in [3.63, 3.8) is 0 Å². The molecule has 2 N–H and O–H groups in total. The number of benzene rings is 2. The van der Waals surface area contributed by atoms with E-state index in [1.165, 1.54) is 0 Å². The van der Waals surface area contributed by atoms with Crippen LogP contribution in [0.4, 0.5) is 11.4 Å². The molecule has 1 amide bonds. The van der Waals surface area contributed by atoms with Gasteiger partial charge in [-0.05, 0) is 31.2 Å². The number of hydrogen-bond donors (Lipinski definition) is 2. The zero-order chi connectivity index (χ0) is 19.6. The minimum Gasteiger partial charge on any atom is -0.497 e. The molecule has 7 heteroatoms. The number of esters is 1. The molecule has 0 aliphatic carbocycles. The molecule has 0 spiro atoms. The molecule has 2 aromatic rings. The molecule has 0 aliphatic heterocycles. The lowest BCUT2D eigenvalue weighted by Crippen LogP contribution is -2.18. The number of nitrogens with one attached hydrogen (secondary N) is 2. The van der Waals surface area contributed by atoms with Crippen molar-refractivity contribution in [2.75, 3.05) is 38.0 Å². The molecule has 0 unspecified atom stereocenters. The van der Waals surface area contributed by atoms with Crippen LogP contribution in [-0.2, 0) is 9.53 Å². The van der Waals surface area contributed by atoms with Crippen LogP contribution >= 0.6 is 0 Å². The minimum absolute atomic E-state index is 0.215. The Hall–Kier alpha value is -3.22. The summed E-state index contributed by atoms with van der Waals surface area (Å²) in [6.07, 6.45) is 0.215. The maximum absolute atomic E-state index is 12.2. The van der Waals surface area contributed by atoms with Gasteiger partial charge >= 0.3 is 5.97 Å². The van der Waals surface area contributed by atoms with E-state index in [9.17, 15) is 9.59 Å². The minimum atomic E-state index is -0.463. The maximum Gasteiger partial charge on any atom is 0.340 e. The highest BCUT2D eigenvalue weighted by Crippen LogP contribution is 2.28. The largest absolute Gasteiger partial charge is 0.497 e. The van der Waals surface area contributed by atoms with Crippen LogP contribution in [-0.4, -0.2) is 39.2 Å². The third-order valence-electron chi connectivity index (χ3n) is 3.77. The Morgan fingerprint density at radius 3 is 2.48 bits per heavy atom. The predicted octanol–water partition coefficient (Wildman–Crippen LogP) is 3.32. The average Bonchev–Trinajstić information content (AvgIpc) is 2.68. The summed E-state index contributed by atoms with van der Waals surface area (Å²) in [4.78, 5) is 24.2. The van der Waals surface area contributed by atoms with Crippen molar-refractivity contribution in [1.82, 2.24) is 0 Å². The molecule has 0 saturated carbocycles. The molecule has 27 heavy (non-hydrogen) atoms. The molecule has 0 aromatic heterocycles. The van der Waals surface area contributed by atoms with Gasteiger partial charge in [-0.2, -0.15) is 0 Å². The van der Waals surface area contributed by atoms with E-state index in [1.54, 1.807) is 57.5 Å². The van der Waals surface area contributed by atoms with Crippen LogP contribution in [0.3, 0.4) is 0 Å². The number of hydrogen-bond acceptors (Lipinski definition) is 6. The van der Waals surface area contributed by atoms with Crippen LogP contribution in [0.1, 0.15) is 23.7 Å². The summed E-state index contributed by atoms with van der Waals surface area (Å²) < 4.78 is 15.5. The van der Waals surface area contributed by atoms with E-state index in [-0.39, 0.29) is 18.9 Å². The van der Waals surface area contributed by atoms with E-state index in [0.29, 0.717) is 29.3 Å². The van der Waals surface area contributed by atoms with Crippen LogP contribution in [0.25, 0.3) is 0 Å². The zero-order valence-electron chi connectivity index (χ0n) is 15.7. The van der Waals surface area contributed by atoms with E-state index >= 15 is 0 Å². The molecular formula is C20H24N2O5. The van der Waals surface area contributed by atoms with Gasteiger partial charge in [-0.25, -0.2) is 4.79 Å². The van der Waals surface area contributed by atoms with Crippen LogP contribution in [0.5, 0.6) is 11.5 Å². The van der Waals surface area contributed by atoms with Crippen molar-refractivity contribution >= 4 is 23.3 Å². The van der Waals surface area contributed by atoms with Gasteiger partial charge in [-0.15, -0.1) is 0 Å². The number of carbonyl (C=O) groups excluding carboxylic acids is 2. The number of carbonyl (C=O) groups is 2. The van der Waals surface area contributed by atoms with Gasteiger partial charge in [0.05, 0.1) is 37.8 Å². The molecule has 0 aliphatic rings. The van der Waals surface area contributed by atoms with Crippen molar-refractivity contribution in [2.45, 2.75) is 13.3 Å². The Morgan fingerprint density at radius 2 is 1.78 bits per heavy atom. The highest BCUT2D eigenvalue weighted by atomic mass is 16.5. The Kier molecular flexibility index (Phi) is 7.49. The molecular weight excluding hydrogens is 348 g/mol. The van der Waals surface area contributed by atoms with Gasteiger partial charge in [-0.3, -0.25) is 4.79 Å². The number of methoxy groups -OCH3 is 2. The monoisotopic (exact) mass is 372 g/mol. The van der Waals surface area contributed by atoms with Gasteiger partial charge in [-0.1, -0.05) is 12.1 Å². The van der Waals surface area contributed by atoms with Gasteiger partial charge in [0.1, 0.15) is 11.5 Å². The first-order valence-corrected chi connectivity index (χ1v) is 8.61. The van der Waals surface area contributed by atoms with E-state index in [4.69, 9.17) is 14.2 Å². The lowest BCUT2D eigenvalue weighted by atomic mass is 10.1. The fraction of sp³-hybridized carbons (Fsp3) is 0.300. The lowest BCUT2D eigenvalue weighted by Gasteiger charge is -2.13. The van der Waals surface area contributed by atoms with E-state index < -0.39 is 5.97 Å². The van der Waals surface area contributed by atoms with Gasteiger partial charge in [0, 0.05) is 19.0 Å². The topological polar surface area (TPSA) is 85.9 Å². The third-order valence-corrected chi connectivity index (χ3v) is 3.77. The number of anilines is 2. The first-order chi connectivity index (χ1) is 13.1. The Labute approximate surface area is 158 Å². The zero-order valence-corrected chi connectivity index (χ0v) is 15.7. The average molecular weight is 372 g/mol. The fourth-order valence-corrected chi connectivity index (χ4v) is 2.45. The second-order valence-electron chi connectivity index (χ2n) is 5.56. The van der Waals surface area contributed by atoms with Crippen LogP contribution in [0.2, 0.25) is 0 Å². The first kappa shape index (κ1) is 20.1. The number of rotatable bonds is 9. The second-order valence-corrected chi connectivity index (χ2v) is 5.56. The summed E-state index contributed by atoms with van der Waals surface area (Å²) in [6.45, 7) is 2.41. The number of ether oxygens (including phenoxy) is 3. The molecule has 0 heterocycles. The molecule has 2 rings (SSSR count). The Morgan fingerprint density at radius 1 is 1.00 bits per heavy atom. The first-order valence-electron chi connectivity index (χ1n) is 8.61.